The van der Waals surface area contributed by atoms with Gasteiger partial charge < -0.3 is 5.73 Å². The van der Waals surface area contributed by atoms with Gasteiger partial charge in [0.05, 0.1) is 5.02 Å². The van der Waals surface area contributed by atoms with Crippen molar-refractivity contribution in [3.05, 3.63) is 41.6 Å². The first-order chi connectivity index (χ1) is 8.24. The van der Waals surface area contributed by atoms with Crippen molar-refractivity contribution in [2.75, 3.05) is 5.73 Å². The molecule has 0 radical (unpaired) electrons. The third-order valence-corrected chi connectivity index (χ3v) is 3.73. The predicted octanol–water partition coefficient (Wildman–Crippen LogP) is 3.59. The van der Waals surface area contributed by atoms with Gasteiger partial charge in [-0.15, -0.1) is 0 Å². The van der Waals surface area contributed by atoms with Crippen LogP contribution in [-0.2, 0) is 0 Å². The molecule has 0 aliphatic carbocycles. The van der Waals surface area contributed by atoms with Crippen LogP contribution in [0, 0.1) is 0 Å². The van der Waals surface area contributed by atoms with Crippen molar-refractivity contribution < 1.29 is 0 Å². The number of pyridine rings is 1. The number of nitrogen functional groups attached to an aromatic ring is 1. The highest BCUT2D eigenvalue weighted by atomic mass is 35.5. The number of nitrogens with two attached hydrogens (primary N) is 1. The lowest BCUT2D eigenvalue weighted by Crippen LogP contribution is -1.86. The minimum Gasteiger partial charge on any atom is -0.399 e. The van der Waals surface area contributed by atoms with Gasteiger partial charge in [0.2, 0.25) is 0 Å². The lowest BCUT2D eigenvalue weighted by molar-refractivity contribution is 1.41. The Labute approximate surface area is 107 Å². The summed E-state index contributed by atoms with van der Waals surface area (Å²) in [6, 6.07) is 9.19. The second-order valence-electron chi connectivity index (χ2n) is 3.59. The molecule has 0 amide bonds. The van der Waals surface area contributed by atoms with E-state index in [0.29, 0.717) is 10.7 Å². The van der Waals surface area contributed by atoms with Crippen LogP contribution in [0.5, 0.6) is 0 Å². The number of thiazole rings is 1. The molecule has 0 aliphatic heterocycles. The van der Waals surface area contributed by atoms with E-state index in [0.717, 1.165) is 20.9 Å². The molecule has 5 heteroatoms. The maximum absolute atomic E-state index is 6.15. The lowest BCUT2D eigenvalue weighted by Gasteiger charge is -2.00. The largest absolute Gasteiger partial charge is 0.399 e. The molecule has 2 N–H and O–H groups in total. The molecule has 0 aliphatic rings. The molecule has 1 aromatic carbocycles. The summed E-state index contributed by atoms with van der Waals surface area (Å²) in [5.41, 5.74) is 8.18. The average Bonchev–Trinajstić information content (AvgIpc) is 2.75. The third kappa shape index (κ3) is 1.85. The molecular formula is C12H8ClN3S. The molecule has 0 saturated carbocycles. The number of hydrogen-bond acceptors (Lipinski definition) is 4. The first kappa shape index (κ1) is 10.5. The lowest BCUT2D eigenvalue weighted by atomic mass is 10.2. The number of rotatable bonds is 1. The van der Waals surface area contributed by atoms with Crippen LogP contribution in [0.1, 0.15) is 0 Å². The molecule has 2 heterocycles. The molecule has 0 saturated heterocycles. The van der Waals surface area contributed by atoms with Crippen LogP contribution >= 0.6 is 22.9 Å². The molecule has 3 nitrogen and oxygen atoms in total. The highest BCUT2D eigenvalue weighted by Crippen LogP contribution is 2.34. The fraction of sp³-hybridized carbons (Fsp3) is 0. The second-order valence-corrected chi connectivity index (χ2v) is 4.97. The number of hydrogen-bond donors (Lipinski definition) is 1. The molecule has 0 bridgehead atoms. The number of aromatic nitrogens is 2. The van der Waals surface area contributed by atoms with Crippen LogP contribution in [0.2, 0.25) is 5.02 Å². The van der Waals surface area contributed by atoms with Crippen LogP contribution in [0.25, 0.3) is 20.9 Å². The van der Waals surface area contributed by atoms with Crippen molar-refractivity contribution >= 4 is 39.0 Å². The Kier molecular flexibility index (Phi) is 2.46. The van der Waals surface area contributed by atoms with Gasteiger partial charge in [0.1, 0.15) is 15.4 Å². The molecule has 0 fully saturated rings. The van der Waals surface area contributed by atoms with Crippen molar-refractivity contribution in [2.24, 2.45) is 0 Å². The highest BCUT2D eigenvalue weighted by molar-refractivity contribution is 7.21. The van der Waals surface area contributed by atoms with Crippen LogP contribution in [0.15, 0.2) is 36.5 Å². The van der Waals surface area contributed by atoms with Crippen molar-refractivity contribution in [3.63, 3.8) is 0 Å². The molecule has 84 valence electrons. The van der Waals surface area contributed by atoms with Crippen molar-refractivity contribution in [3.8, 4) is 10.6 Å². The Balaban J connectivity index is 2.23. The van der Waals surface area contributed by atoms with Gasteiger partial charge in [-0.1, -0.05) is 22.9 Å². The van der Waals surface area contributed by atoms with E-state index in [9.17, 15) is 0 Å². The van der Waals surface area contributed by atoms with E-state index in [1.165, 1.54) is 11.3 Å². The molecule has 3 rings (SSSR count). The quantitative estimate of drug-likeness (QED) is 0.681. The Bertz CT molecular complexity index is 660. The summed E-state index contributed by atoms with van der Waals surface area (Å²) in [5, 5.41) is 1.49. The standard InChI is InChI=1S/C12H8ClN3S/c13-9-4-3-7(14)6-8(9)11-16-10-2-1-5-15-12(10)17-11/h1-6H,14H2. The van der Waals surface area contributed by atoms with E-state index in [1.807, 2.05) is 18.2 Å². The Hall–Kier alpha value is -1.65. The van der Waals surface area contributed by atoms with Crippen LogP contribution < -0.4 is 5.73 Å². The first-order valence-corrected chi connectivity index (χ1v) is 6.20. The van der Waals surface area contributed by atoms with Crippen molar-refractivity contribution in [1.29, 1.82) is 0 Å². The number of fused-ring (bicyclic) bond motifs is 1. The monoisotopic (exact) mass is 261 g/mol. The minimum atomic E-state index is 0.651. The third-order valence-electron chi connectivity index (χ3n) is 2.39. The van der Waals surface area contributed by atoms with Gasteiger partial charge in [0.25, 0.3) is 0 Å². The normalized spacial score (nSPS) is 10.9. The van der Waals surface area contributed by atoms with E-state index in [1.54, 1.807) is 18.3 Å². The zero-order valence-electron chi connectivity index (χ0n) is 8.72. The van der Waals surface area contributed by atoms with Gasteiger partial charge in [-0.25, -0.2) is 9.97 Å². The average molecular weight is 262 g/mol. The van der Waals surface area contributed by atoms with Crippen LogP contribution in [0.4, 0.5) is 5.69 Å². The minimum absolute atomic E-state index is 0.651. The molecule has 0 unspecified atom stereocenters. The molecule has 0 atom stereocenters. The summed E-state index contributed by atoms with van der Waals surface area (Å²) in [5.74, 6) is 0. The summed E-state index contributed by atoms with van der Waals surface area (Å²) in [7, 11) is 0. The zero-order chi connectivity index (χ0) is 11.8. The SMILES string of the molecule is Nc1ccc(Cl)c(-c2nc3cccnc3s2)c1. The number of benzene rings is 1. The van der Waals surface area contributed by atoms with Gasteiger partial charge in [0.15, 0.2) is 0 Å². The molecular weight excluding hydrogens is 254 g/mol. The Morgan fingerprint density at radius 2 is 2.12 bits per heavy atom. The van der Waals surface area contributed by atoms with Crippen LogP contribution in [-0.4, -0.2) is 9.97 Å². The van der Waals surface area contributed by atoms with E-state index < -0.39 is 0 Å². The van der Waals surface area contributed by atoms with E-state index in [-0.39, 0.29) is 0 Å². The first-order valence-electron chi connectivity index (χ1n) is 5.01. The summed E-state index contributed by atoms with van der Waals surface area (Å²) in [6.07, 6.45) is 1.76. The van der Waals surface area contributed by atoms with Gasteiger partial charge in [0, 0.05) is 17.4 Å². The molecule has 2 aromatic heterocycles. The summed E-state index contributed by atoms with van der Waals surface area (Å²) >= 11 is 7.66. The molecule has 3 aromatic rings. The second kappa shape index (κ2) is 3.98. The Morgan fingerprint density at radius 3 is 2.94 bits per heavy atom. The van der Waals surface area contributed by atoms with Crippen LogP contribution in [0.3, 0.4) is 0 Å². The molecule has 17 heavy (non-hydrogen) atoms. The van der Waals surface area contributed by atoms with Gasteiger partial charge in [-0.2, -0.15) is 0 Å². The summed E-state index contributed by atoms with van der Waals surface area (Å²) in [4.78, 5) is 9.67. The maximum Gasteiger partial charge on any atom is 0.143 e. The fourth-order valence-electron chi connectivity index (χ4n) is 1.59. The number of nitrogens with zero attached hydrogens (tertiary/aromatic N) is 2. The van der Waals surface area contributed by atoms with E-state index >= 15 is 0 Å². The summed E-state index contributed by atoms with van der Waals surface area (Å²) in [6.45, 7) is 0. The number of anilines is 1. The summed E-state index contributed by atoms with van der Waals surface area (Å²) < 4.78 is 0. The predicted molar refractivity (Wildman–Crippen MR) is 72.3 cm³/mol. The van der Waals surface area contributed by atoms with Gasteiger partial charge >= 0.3 is 0 Å². The van der Waals surface area contributed by atoms with E-state index in [2.05, 4.69) is 9.97 Å². The van der Waals surface area contributed by atoms with Crippen molar-refractivity contribution in [1.82, 2.24) is 9.97 Å². The van der Waals surface area contributed by atoms with Gasteiger partial charge in [-0.3, -0.25) is 0 Å². The topological polar surface area (TPSA) is 51.8 Å². The highest BCUT2D eigenvalue weighted by Gasteiger charge is 2.10. The molecule has 0 spiro atoms. The Morgan fingerprint density at radius 1 is 1.24 bits per heavy atom. The number of halogens is 1. The zero-order valence-corrected chi connectivity index (χ0v) is 10.3. The fourth-order valence-corrected chi connectivity index (χ4v) is 2.79. The maximum atomic E-state index is 6.15. The van der Waals surface area contributed by atoms with Crippen molar-refractivity contribution in [2.45, 2.75) is 0 Å². The van der Waals surface area contributed by atoms with E-state index in [4.69, 9.17) is 17.3 Å². The smallest absolute Gasteiger partial charge is 0.143 e. The van der Waals surface area contributed by atoms with Gasteiger partial charge in [-0.05, 0) is 30.3 Å².